The summed E-state index contributed by atoms with van der Waals surface area (Å²) in [6.45, 7) is 1.55. The first kappa shape index (κ1) is 23.1. The van der Waals surface area contributed by atoms with Gasteiger partial charge in [0.15, 0.2) is 6.61 Å². The zero-order valence-electron chi connectivity index (χ0n) is 17.3. The van der Waals surface area contributed by atoms with Crippen molar-refractivity contribution in [2.45, 2.75) is 39.0 Å². The highest BCUT2D eigenvalue weighted by Gasteiger charge is 2.21. The van der Waals surface area contributed by atoms with E-state index in [1.807, 2.05) is 24.3 Å². The lowest BCUT2D eigenvalue weighted by Crippen LogP contribution is -2.25. The van der Waals surface area contributed by atoms with Crippen LogP contribution in [-0.4, -0.2) is 24.1 Å². The summed E-state index contributed by atoms with van der Waals surface area (Å²) in [4.78, 5) is 24.4. The van der Waals surface area contributed by atoms with E-state index in [0.717, 1.165) is 36.9 Å². The Balaban J connectivity index is 1.49. The van der Waals surface area contributed by atoms with Gasteiger partial charge < -0.3 is 10.1 Å². The van der Waals surface area contributed by atoms with E-state index < -0.39 is 5.91 Å². The van der Waals surface area contributed by atoms with Crippen LogP contribution in [0.3, 0.4) is 0 Å². The molecule has 1 aliphatic rings. The topological polar surface area (TPSA) is 79.8 Å². The van der Waals surface area contributed by atoms with Gasteiger partial charge in [-0.2, -0.15) is 5.10 Å². The molecule has 8 heteroatoms. The molecule has 0 bridgehead atoms. The van der Waals surface area contributed by atoms with E-state index >= 15 is 0 Å². The highest BCUT2D eigenvalue weighted by Crippen LogP contribution is 2.27. The van der Waals surface area contributed by atoms with Gasteiger partial charge in [0.1, 0.15) is 5.75 Å². The van der Waals surface area contributed by atoms with Crippen LogP contribution in [0.2, 0.25) is 10.0 Å². The maximum Gasteiger partial charge on any atom is 0.277 e. The number of hydrazone groups is 1. The number of anilines is 1. The van der Waals surface area contributed by atoms with Gasteiger partial charge in [-0.1, -0.05) is 54.6 Å². The normalized spacial score (nSPS) is 14.7. The van der Waals surface area contributed by atoms with Crippen LogP contribution in [0, 0.1) is 5.92 Å². The zero-order chi connectivity index (χ0) is 22.2. The average Bonchev–Trinajstić information content (AvgIpc) is 2.78. The van der Waals surface area contributed by atoms with Gasteiger partial charge in [-0.3, -0.25) is 9.59 Å². The summed E-state index contributed by atoms with van der Waals surface area (Å²) < 4.78 is 5.38. The molecule has 2 N–H and O–H groups in total. The SMILES string of the molecule is C/C(=N/NC(=O)COc1ccc(Cl)cc1Cl)c1ccc(NC(=O)C2CCCCC2)cc1. The van der Waals surface area contributed by atoms with Crippen LogP contribution < -0.4 is 15.5 Å². The van der Waals surface area contributed by atoms with Crippen molar-refractivity contribution in [3.63, 3.8) is 0 Å². The minimum Gasteiger partial charge on any atom is -0.482 e. The van der Waals surface area contributed by atoms with Crippen molar-refractivity contribution in [2.75, 3.05) is 11.9 Å². The minimum atomic E-state index is -0.415. The Hall–Kier alpha value is -2.57. The molecule has 3 rings (SSSR count). The fourth-order valence-electron chi connectivity index (χ4n) is 3.38. The number of nitrogens with zero attached hydrogens (tertiary/aromatic N) is 1. The van der Waals surface area contributed by atoms with Crippen molar-refractivity contribution < 1.29 is 14.3 Å². The van der Waals surface area contributed by atoms with Gasteiger partial charge in [-0.15, -0.1) is 0 Å². The van der Waals surface area contributed by atoms with E-state index in [-0.39, 0.29) is 18.4 Å². The van der Waals surface area contributed by atoms with Gasteiger partial charge in [0, 0.05) is 16.6 Å². The lowest BCUT2D eigenvalue weighted by Gasteiger charge is -2.20. The highest BCUT2D eigenvalue weighted by molar-refractivity contribution is 6.35. The summed E-state index contributed by atoms with van der Waals surface area (Å²) in [6.07, 6.45) is 5.38. The summed E-state index contributed by atoms with van der Waals surface area (Å²) >= 11 is 11.8. The number of hydrogen-bond acceptors (Lipinski definition) is 4. The maximum atomic E-state index is 12.4. The Bertz CT molecular complexity index is 955. The molecule has 6 nitrogen and oxygen atoms in total. The fourth-order valence-corrected chi connectivity index (χ4v) is 3.85. The monoisotopic (exact) mass is 461 g/mol. The van der Waals surface area contributed by atoms with Crippen molar-refractivity contribution in [1.82, 2.24) is 5.43 Å². The quantitative estimate of drug-likeness (QED) is 0.425. The minimum absolute atomic E-state index is 0.0888. The standard InChI is InChI=1S/C23H25Cl2N3O3/c1-15(27-28-22(29)14-31-21-12-9-18(24)13-20(21)25)16-7-10-19(11-8-16)26-23(30)17-5-3-2-4-6-17/h7-13,17H,2-6,14H2,1H3,(H,26,30)(H,28,29)/b27-15-. The number of benzene rings is 2. The maximum absolute atomic E-state index is 12.4. The van der Waals surface area contributed by atoms with Crippen LogP contribution in [-0.2, 0) is 9.59 Å². The number of amides is 2. The van der Waals surface area contributed by atoms with Gasteiger partial charge in [0.2, 0.25) is 5.91 Å². The Morgan fingerprint density at radius 3 is 2.45 bits per heavy atom. The summed E-state index contributed by atoms with van der Waals surface area (Å²) in [5.74, 6) is 0.150. The Kier molecular flexibility index (Phi) is 8.32. The molecule has 1 saturated carbocycles. The molecular formula is C23H25Cl2N3O3. The van der Waals surface area contributed by atoms with E-state index in [1.165, 1.54) is 6.42 Å². The summed E-state index contributed by atoms with van der Waals surface area (Å²) in [7, 11) is 0. The molecule has 2 aromatic carbocycles. The van der Waals surface area contributed by atoms with Gasteiger partial charge in [-0.25, -0.2) is 5.43 Å². The van der Waals surface area contributed by atoms with Crippen LogP contribution in [0.5, 0.6) is 5.75 Å². The number of carbonyl (C=O) groups is 2. The first-order chi connectivity index (χ1) is 14.9. The van der Waals surface area contributed by atoms with Crippen molar-refractivity contribution in [2.24, 2.45) is 11.0 Å². The summed E-state index contributed by atoms with van der Waals surface area (Å²) in [6, 6.07) is 12.1. The number of hydrogen-bond donors (Lipinski definition) is 2. The third kappa shape index (κ3) is 6.97. The van der Waals surface area contributed by atoms with Crippen LogP contribution in [0.4, 0.5) is 5.69 Å². The lowest BCUT2D eigenvalue weighted by atomic mass is 9.88. The van der Waals surface area contributed by atoms with Crippen molar-refractivity contribution in [1.29, 1.82) is 0 Å². The molecule has 0 heterocycles. The van der Waals surface area contributed by atoms with E-state index in [4.69, 9.17) is 27.9 Å². The molecule has 0 saturated heterocycles. The number of rotatable bonds is 7. The molecule has 0 spiro atoms. The molecule has 0 radical (unpaired) electrons. The predicted molar refractivity (Wildman–Crippen MR) is 124 cm³/mol. The highest BCUT2D eigenvalue weighted by atomic mass is 35.5. The molecule has 0 aliphatic heterocycles. The molecule has 0 unspecified atom stereocenters. The van der Waals surface area contributed by atoms with Crippen molar-refractivity contribution in [3.8, 4) is 5.75 Å². The smallest absolute Gasteiger partial charge is 0.277 e. The largest absolute Gasteiger partial charge is 0.482 e. The summed E-state index contributed by atoms with van der Waals surface area (Å²) in [5.41, 5.74) is 4.67. The number of nitrogens with one attached hydrogen (secondary N) is 2. The Labute approximate surface area is 192 Å². The van der Waals surface area contributed by atoms with Gasteiger partial charge in [-0.05, 0) is 55.7 Å². The molecule has 164 valence electrons. The van der Waals surface area contributed by atoms with Gasteiger partial charge >= 0.3 is 0 Å². The lowest BCUT2D eigenvalue weighted by molar-refractivity contribution is -0.123. The Morgan fingerprint density at radius 1 is 1.06 bits per heavy atom. The number of ether oxygens (including phenoxy) is 1. The number of carbonyl (C=O) groups excluding carboxylic acids is 2. The van der Waals surface area contributed by atoms with E-state index in [1.54, 1.807) is 25.1 Å². The fraction of sp³-hybridized carbons (Fsp3) is 0.348. The molecule has 1 fully saturated rings. The molecule has 2 amide bonds. The van der Waals surface area contributed by atoms with Crippen LogP contribution in [0.25, 0.3) is 0 Å². The van der Waals surface area contributed by atoms with Gasteiger partial charge in [0.05, 0.1) is 10.7 Å². The molecule has 1 aliphatic carbocycles. The predicted octanol–water partition coefficient (Wildman–Crippen LogP) is 5.43. The Morgan fingerprint density at radius 2 is 1.77 bits per heavy atom. The number of halogens is 2. The van der Waals surface area contributed by atoms with Crippen LogP contribution >= 0.6 is 23.2 Å². The van der Waals surface area contributed by atoms with E-state index in [2.05, 4.69) is 15.8 Å². The van der Waals surface area contributed by atoms with Crippen molar-refractivity contribution in [3.05, 3.63) is 58.1 Å². The second kappa shape index (κ2) is 11.2. The second-order valence-electron chi connectivity index (χ2n) is 7.50. The second-order valence-corrected chi connectivity index (χ2v) is 8.34. The van der Waals surface area contributed by atoms with Crippen LogP contribution in [0.1, 0.15) is 44.6 Å². The first-order valence-electron chi connectivity index (χ1n) is 10.2. The first-order valence-corrected chi connectivity index (χ1v) is 11.0. The molecule has 0 aromatic heterocycles. The molecule has 0 atom stereocenters. The average molecular weight is 462 g/mol. The van der Waals surface area contributed by atoms with Gasteiger partial charge in [0.25, 0.3) is 5.91 Å². The van der Waals surface area contributed by atoms with E-state index in [0.29, 0.717) is 21.5 Å². The summed E-state index contributed by atoms with van der Waals surface area (Å²) in [5, 5.41) is 7.90. The van der Waals surface area contributed by atoms with Crippen molar-refractivity contribution >= 4 is 46.4 Å². The molecular weight excluding hydrogens is 437 g/mol. The molecule has 31 heavy (non-hydrogen) atoms. The third-order valence-electron chi connectivity index (χ3n) is 5.15. The molecule has 2 aromatic rings. The van der Waals surface area contributed by atoms with E-state index in [9.17, 15) is 9.59 Å². The zero-order valence-corrected chi connectivity index (χ0v) is 18.8. The third-order valence-corrected chi connectivity index (χ3v) is 5.68. The van der Waals surface area contributed by atoms with Crippen LogP contribution in [0.15, 0.2) is 47.6 Å².